The number of aldehydes is 1. The van der Waals surface area contributed by atoms with Gasteiger partial charge in [0.2, 0.25) is 0 Å². The molecular formula is C10H12O2. The van der Waals surface area contributed by atoms with Gasteiger partial charge in [-0.05, 0) is 24.5 Å². The van der Waals surface area contributed by atoms with Gasteiger partial charge in [-0.3, -0.25) is 0 Å². The molecule has 12 heavy (non-hydrogen) atoms. The number of carbonyl (C=O) groups excluding carboxylic acids is 1. The quantitative estimate of drug-likeness (QED) is 0.374. The van der Waals surface area contributed by atoms with E-state index < -0.39 is 6.10 Å². The lowest BCUT2D eigenvalue weighted by molar-refractivity contribution is -0.110. The van der Waals surface area contributed by atoms with E-state index in [0.717, 1.165) is 17.4 Å². The molecule has 1 aliphatic carbocycles. The lowest BCUT2D eigenvalue weighted by Crippen LogP contribution is -2.05. The molecule has 0 fully saturated rings. The van der Waals surface area contributed by atoms with Gasteiger partial charge in [0.1, 0.15) is 6.29 Å². The zero-order valence-electron chi connectivity index (χ0n) is 7.08. The van der Waals surface area contributed by atoms with Crippen LogP contribution < -0.4 is 0 Å². The van der Waals surface area contributed by atoms with E-state index in [0.29, 0.717) is 12.8 Å². The lowest BCUT2D eigenvalue weighted by Gasteiger charge is -2.03. The predicted molar refractivity (Wildman–Crippen MR) is 46.3 cm³/mol. The van der Waals surface area contributed by atoms with Crippen molar-refractivity contribution in [2.24, 2.45) is 5.92 Å². The number of terminal acetylenes is 1. The first-order valence-electron chi connectivity index (χ1n) is 3.97. The van der Waals surface area contributed by atoms with Gasteiger partial charge in [0.15, 0.2) is 0 Å². The highest BCUT2D eigenvalue weighted by Crippen LogP contribution is 2.32. The van der Waals surface area contributed by atoms with Crippen LogP contribution in [0.25, 0.3) is 0 Å². The number of carbonyl (C=O) groups is 1. The summed E-state index contributed by atoms with van der Waals surface area (Å²) in [5.41, 5.74) is 1.81. The average molecular weight is 164 g/mol. The molecule has 0 aromatic rings. The van der Waals surface area contributed by atoms with Gasteiger partial charge in [-0.1, -0.05) is 0 Å². The average Bonchev–Trinajstić information content (AvgIpc) is 2.33. The minimum Gasteiger partial charge on any atom is -0.389 e. The summed E-state index contributed by atoms with van der Waals surface area (Å²) in [6, 6.07) is 0. The second kappa shape index (κ2) is 3.55. The first-order valence-corrected chi connectivity index (χ1v) is 3.97. The summed E-state index contributed by atoms with van der Waals surface area (Å²) in [4.78, 5) is 10.6. The van der Waals surface area contributed by atoms with Gasteiger partial charge in [0, 0.05) is 12.3 Å². The summed E-state index contributed by atoms with van der Waals surface area (Å²) in [5.74, 6) is 2.34. The zero-order valence-corrected chi connectivity index (χ0v) is 7.08. The monoisotopic (exact) mass is 164 g/mol. The van der Waals surface area contributed by atoms with Gasteiger partial charge in [0.25, 0.3) is 0 Å². The molecule has 1 rings (SSSR count). The Kier molecular flexibility index (Phi) is 2.67. The van der Waals surface area contributed by atoms with E-state index in [4.69, 9.17) is 6.42 Å². The molecule has 0 aromatic heterocycles. The van der Waals surface area contributed by atoms with E-state index in [1.807, 2.05) is 6.92 Å². The molecule has 0 radical (unpaired) electrons. The standard InChI is InChI=1S/C10H12O2/c1-3-4-9-7(2)10(12)5-8(9)6-11/h1,6,8,10,12H,4-5H2,2H3. The van der Waals surface area contributed by atoms with Gasteiger partial charge < -0.3 is 9.90 Å². The molecule has 2 heteroatoms. The highest BCUT2D eigenvalue weighted by molar-refractivity contribution is 5.62. The largest absolute Gasteiger partial charge is 0.389 e. The normalized spacial score (nSPS) is 28.8. The van der Waals surface area contributed by atoms with Gasteiger partial charge >= 0.3 is 0 Å². The SMILES string of the molecule is C#CCC1=C(C)C(O)CC1C=O. The molecule has 0 aliphatic heterocycles. The van der Waals surface area contributed by atoms with Gasteiger partial charge in [-0.25, -0.2) is 0 Å². The fourth-order valence-electron chi connectivity index (χ4n) is 1.58. The zero-order chi connectivity index (χ0) is 9.14. The fraction of sp³-hybridized carbons (Fsp3) is 0.500. The third-order valence-electron chi connectivity index (χ3n) is 2.39. The summed E-state index contributed by atoms with van der Waals surface area (Å²) < 4.78 is 0. The smallest absolute Gasteiger partial charge is 0.127 e. The molecule has 0 saturated carbocycles. The molecule has 0 amide bonds. The second-order valence-corrected chi connectivity index (χ2v) is 3.08. The number of aliphatic hydroxyl groups is 1. The van der Waals surface area contributed by atoms with Crippen LogP contribution in [-0.2, 0) is 4.79 Å². The predicted octanol–water partition coefficient (Wildman–Crippen LogP) is 0.906. The first-order chi connectivity index (χ1) is 5.70. The Labute approximate surface area is 72.3 Å². The maximum atomic E-state index is 10.6. The Bertz CT molecular complexity index is 258. The maximum Gasteiger partial charge on any atom is 0.127 e. The Morgan fingerprint density at radius 2 is 2.50 bits per heavy atom. The first kappa shape index (κ1) is 9.02. The summed E-state index contributed by atoms with van der Waals surface area (Å²) in [7, 11) is 0. The highest BCUT2D eigenvalue weighted by Gasteiger charge is 2.28. The van der Waals surface area contributed by atoms with Gasteiger partial charge in [-0.15, -0.1) is 12.3 Å². The van der Waals surface area contributed by atoms with Crippen molar-refractivity contribution in [2.75, 3.05) is 0 Å². The lowest BCUT2D eigenvalue weighted by atomic mass is 10.00. The van der Waals surface area contributed by atoms with Crippen LogP contribution in [0.3, 0.4) is 0 Å². The summed E-state index contributed by atoms with van der Waals surface area (Å²) >= 11 is 0. The molecule has 2 atom stereocenters. The molecular weight excluding hydrogens is 152 g/mol. The Morgan fingerprint density at radius 3 is 3.00 bits per heavy atom. The van der Waals surface area contributed by atoms with Crippen LogP contribution in [0.15, 0.2) is 11.1 Å². The maximum absolute atomic E-state index is 10.6. The fourth-order valence-corrected chi connectivity index (χ4v) is 1.58. The van der Waals surface area contributed by atoms with Crippen molar-refractivity contribution in [3.05, 3.63) is 11.1 Å². The van der Waals surface area contributed by atoms with E-state index in [1.165, 1.54) is 0 Å². The summed E-state index contributed by atoms with van der Waals surface area (Å²) in [6.07, 6.45) is 6.53. The summed E-state index contributed by atoms with van der Waals surface area (Å²) in [5, 5.41) is 9.41. The van der Waals surface area contributed by atoms with Crippen molar-refractivity contribution in [1.29, 1.82) is 0 Å². The van der Waals surface area contributed by atoms with E-state index in [2.05, 4.69) is 5.92 Å². The molecule has 1 aliphatic rings. The number of hydrogen-bond acceptors (Lipinski definition) is 2. The van der Waals surface area contributed by atoms with Crippen LogP contribution >= 0.6 is 0 Å². The Balaban J connectivity index is 2.88. The highest BCUT2D eigenvalue weighted by atomic mass is 16.3. The second-order valence-electron chi connectivity index (χ2n) is 3.08. The molecule has 64 valence electrons. The van der Waals surface area contributed by atoms with Gasteiger partial charge in [-0.2, -0.15) is 0 Å². The Hall–Kier alpha value is -1.07. The van der Waals surface area contributed by atoms with Gasteiger partial charge in [0.05, 0.1) is 6.10 Å². The van der Waals surface area contributed by atoms with Crippen molar-refractivity contribution >= 4 is 6.29 Å². The van der Waals surface area contributed by atoms with E-state index in [-0.39, 0.29) is 5.92 Å². The molecule has 0 heterocycles. The van der Waals surface area contributed by atoms with Crippen LogP contribution in [0.1, 0.15) is 19.8 Å². The van der Waals surface area contributed by atoms with Crippen LogP contribution in [0.2, 0.25) is 0 Å². The van der Waals surface area contributed by atoms with Crippen LogP contribution in [0, 0.1) is 18.3 Å². The molecule has 0 spiro atoms. The molecule has 0 aromatic carbocycles. The van der Waals surface area contributed by atoms with Crippen molar-refractivity contribution in [2.45, 2.75) is 25.9 Å². The van der Waals surface area contributed by atoms with Crippen LogP contribution in [0.5, 0.6) is 0 Å². The minimum absolute atomic E-state index is 0.156. The molecule has 2 unspecified atom stereocenters. The third kappa shape index (κ3) is 1.41. The van der Waals surface area contributed by atoms with Crippen molar-refractivity contribution in [3.63, 3.8) is 0 Å². The summed E-state index contributed by atoms with van der Waals surface area (Å²) in [6.45, 7) is 1.83. The minimum atomic E-state index is -0.469. The molecule has 1 N–H and O–H groups in total. The van der Waals surface area contributed by atoms with Crippen molar-refractivity contribution in [3.8, 4) is 12.3 Å². The van der Waals surface area contributed by atoms with E-state index >= 15 is 0 Å². The van der Waals surface area contributed by atoms with Crippen molar-refractivity contribution in [1.82, 2.24) is 0 Å². The Morgan fingerprint density at radius 1 is 1.83 bits per heavy atom. The van der Waals surface area contributed by atoms with E-state index in [1.54, 1.807) is 0 Å². The number of rotatable bonds is 2. The van der Waals surface area contributed by atoms with E-state index in [9.17, 15) is 9.90 Å². The topological polar surface area (TPSA) is 37.3 Å². The van der Waals surface area contributed by atoms with Crippen LogP contribution in [-0.4, -0.2) is 17.5 Å². The molecule has 0 bridgehead atoms. The number of hydrogen-bond donors (Lipinski definition) is 1. The van der Waals surface area contributed by atoms with Crippen LogP contribution in [0.4, 0.5) is 0 Å². The third-order valence-corrected chi connectivity index (χ3v) is 2.39. The number of aliphatic hydroxyl groups excluding tert-OH is 1. The number of allylic oxidation sites excluding steroid dienone is 1. The molecule has 2 nitrogen and oxygen atoms in total. The van der Waals surface area contributed by atoms with Crippen molar-refractivity contribution < 1.29 is 9.90 Å². The molecule has 0 saturated heterocycles.